The molecule has 1 aliphatic rings. The molecule has 0 saturated heterocycles. The molecule has 0 aromatic heterocycles. The lowest BCUT2D eigenvalue weighted by Gasteiger charge is -2.24. The van der Waals surface area contributed by atoms with Gasteiger partial charge in [-0.05, 0) is 6.92 Å². The number of carboxylic acids is 1. The maximum absolute atomic E-state index is 10.9. The Balaban J connectivity index is 3.05. The number of aliphatic carboxylic acids is 1. The van der Waals surface area contributed by atoms with Crippen LogP contribution < -0.4 is 10.6 Å². The van der Waals surface area contributed by atoms with Crippen LogP contribution in [0.5, 0.6) is 0 Å². The molecular formula is C7H9BrN2O3. The van der Waals surface area contributed by atoms with E-state index in [9.17, 15) is 9.59 Å². The van der Waals surface area contributed by atoms with Gasteiger partial charge in [0.1, 0.15) is 0 Å². The summed E-state index contributed by atoms with van der Waals surface area (Å²) in [5.74, 6) is -1.02. The average Bonchev–Trinajstić information content (AvgIpc) is 2.01. The van der Waals surface area contributed by atoms with Gasteiger partial charge in [0.25, 0.3) is 0 Å². The molecule has 0 bridgehead atoms. The van der Waals surface area contributed by atoms with Crippen molar-refractivity contribution in [1.82, 2.24) is 10.6 Å². The Morgan fingerprint density at radius 3 is 2.77 bits per heavy atom. The number of hydrogen-bond donors (Lipinski definition) is 3. The molecule has 1 heterocycles. The first-order chi connectivity index (χ1) is 6.06. The Bertz CT molecular complexity index is 287. The van der Waals surface area contributed by atoms with E-state index in [1.807, 2.05) is 0 Å². The number of carboxylic acid groups (broad SMARTS) is 1. The van der Waals surface area contributed by atoms with Crippen LogP contribution >= 0.6 is 15.9 Å². The van der Waals surface area contributed by atoms with Gasteiger partial charge in [-0.25, -0.2) is 9.59 Å². The third-order valence-corrected chi connectivity index (χ3v) is 2.29. The van der Waals surface area contributed by atoms with Gasteiger partial charge in [0.15, 0.2) is 0 Å². The number of nitrogens with one attached hydrogen (secondary N) is 2. The molecule has 1 unspecified atom stereocenters. The summed E-state index contributed by atoms with van der Waals surface area (Å²) in [6.07, 6.45) is 0. The third kappa shape index (κ3) is 2.00. The van der Waals surface area contributed by atoms with Crippen LogP contribution in [0.25, 0.3) is 0 Å². The van der Waals surface area contributed by atoms with Crippen molar-refractivity contribution in [1.29, 1.82) is 0 Å². The van der Waals surface area contributed by atoms with Crippen molar-refractivity contribution < 1.29 is 14.7 Å². The molecule has 0 aromatic rings. The van der Waals surface area contributed by atoms with Crippen molar-refractivity contribution in [3.8, 4) is 0 Å². The maximum Gasteiger partial charge on any atom is 0.335 e. The molecule has 0 aromatic carbocycles. The molecule has 13 heavy (non-hydrogen) atoms. The minimum atomic E-state index is -1.02. The van der Waals surface area contributed by atoms with E-state index >= 15 is 0 Å². The molecule has 0 spiro atoms. The van der Waals surface area contributed by atoms with E-state index in [4.69, 9.17) is 5.11 Å². The normalized spacial score (nSPS) is 22.3. The molecular weight excluding hydrogens is 240 g/mol. The molecule has 1 atom stereocenters. The monoisotopic (exact) mass is 248 g/mol. The van der Waals surface area contributed by atoms with E-state index in [2.05, 4.69) is 26.6 Å². The molecule has 0 saturated carbocycles. The lowest BCUT2D eigenvalue weighted by molar-refractivity contribution is -0.133. The summed E-state index contributed by atoms with van der Waals surface area (Å²) >= 11 is 3.11. The average molecular weight is 249 g/mol. The van der Waals surface area contributed by atoms with Crippen LogP contribution in [0.1, 0.15) is 6.92 Å². The highest BCUT2D eigenvalue weighted by molar-refractivity contribution is 9.09. The van der Waals surface area contributed by atoms with Gasteiger partial charge in [-0.15, -0.1) is 0 Å². The molecule has 72 valence electrons. The predicted octanol–water partition coefficient (Wildman–Crippen LogP) is 0.421. The minimum absolute atomic E-state index is 0.191. The smallest absolute Gasteiger partial charge is 0.335 e. The summed E-state index contributed by atoms with van der Waals surface area (Å²) < 4.78 is 0. The Hall–Kier alpha value is -1.04. The molecule has 1 aliphatic heterocycles. The number of carbonyl (C=O) groups excluding carboxylic acids is 1. The van der Waals surface area contributed by atoms with E-state index < -0.39 is 12.0 Å². The molecule has 2 amide bonds. The first kappa shape index (κ1) is 10.0. The van der Waals surface area contributed by atoms with Crippen molar-refractivity contribution >= 4 is 27.9 Å². The second-order valence-corrected chi connectivity index (χ2v) is 3.21. The van der Waals surface area contributed by atoms with Crippen LogP contribution in [-0.2, 0) is 4.79 Å². The van der Waals surface area contributed by atoms with Gasteiger partial charge in [-0.3, -0.25) is 0 Å². The summed E-state index contributed by atoms with van der Waals surface area (Å²) in [5.41, 5.74) is 0.597. The van der Waals surface area contributed by atoms with Gasteiger partial charge in [0.2, 0.25) is 0 Å². The van der Waals surface area contributed by atoms with Crippen LogP contribution in [0.15, 0.2) is 11.3 Å². The van der Waals surface area contributed by atoms with Crippen LogP contribution in [0.2, 0.25) is 0 Å². The second-order valence-electron chi connectivity index (χ2n) is 2.65. The highest BCUT2D eigenvalue weighted by Crippen LogP contribution is 2.13. The maximum atomic E-state index is 10.9. The number of alkyl halides is 1. The summed E-state index contributed by atoms with van der Waals surface area (Å²) in [4.78, 5) is 21.7. The van der Waals surface area contributed by atoms with Crippen molar-refractivity contribution in [3.05, 3.63) is 11.3 Å². The zero-order chi connectivity index (χ0) is 10.0. The van der Waals surface area contributed by atoms with Crippen LogP contribution in [0.3, 0.4) is 0 Å². The van der Waals surface area contributed by atoms with E-state index in [-0.39, 0.29) is 11.6 Å². The highest BCUT2D eigenvalue weighted by atomic mass is 79.9. The summed E-state index contributed by atoms with van der Waals surface area (Å²) in [6.45, 7) is 1.63. The molecule has 0 fully saturated rings. The van der Waals surface area contributed by atoms with E-state index in [0.717, 1.165) is 0 Å². The number of halogens is 1. The zero-order valence-electron chi connectivity index (χ0n) is 6.93. The standard InChI is InChI=1S/C7H9BrN2O3/c1-3-5(6(11)12)4(2-8)10-7(13)9-3/h3H,2H2,1H3,(H,11,12)(H2,9,10,13). The Morgan fingerprint density at radius 2 is 2.31 bits per heavy atom. The van der Waals surface area contributed by atoms with Crippen molar-refractivity contribution in [2.24, 2.45) is 0 Å². The van der Waals surface area contributed by atoms with Crippen molar-refractivity contribution in [2.75, 3.05) is 5.33 Å². The van der Waals surface area contributed by atoms with Crippen molar-refractivity contribution in [3.63, 3.8) is 0 Å². The van der Waals surface area contributed by atoms with Crippen molar-refractivity contribution in [2.45, 2.75) is 13.0 Å². The number of carbonyl (C=O) groups is 2. The van der Waals surface area contributed by atoms with Gasteiger partial charge in [-0.1, -0.05) is 15.9 Å². The number of rotatable bonds is 2. The fourth-order valence-electron chi connectivity index (χ4n) is 1.19. The molecule has 5 nitrogen and oxygen atoms in total. The molecule has 3 N–H and O–H groups in total. The van der Waals surface area contributed by atoms with Gasteiger partial charge in [0.05, 0.1) is 11.6 Å². The second kappa shape index (κ2) is 3.78. The number of urea groups is 1. The summed E-state index contributed by atoms with van der Waals surface area (Å²) in [6, 6.07) is -0.828. The van der Waals surface area contributed by atoms with E-state index in [1.165, 1.54) is 0 Å². The molecule has 1 rings (SSSR count). The number of allylic oxidation sites excluding steroid dienone is 1. The third-order valence-electron chi connectivity index (χ3n) is 1.73. The van der Waals surface area contributed by atoms with E-state index in [0.29, 0.717) is 11.0 Å². The molecule has 0 radical (unpaired) electrons. The van der Waals surface area contributed by atoms with Crippen LogP contribution in [0.4, 0.5) is 4.79 Å². The van der Waals surface area contributed by atoms with E-state index in [1.54, 1.807) is 6.92 Å². The Morgan fingerprint density at radius 1 is 1.69 bits per heavy atom. The SMILES string of the molecule is CC1NC(=O)NC(CBr)=C1C(=O)O. The minimum Gasteiger partial charge on any atom is -0.478 e. The summed E-state index contributed by atoms with van der Waals surface area (Å²) in [5, 5.41) is 14.0. The lowest BCUT2D eigenvalue weighted by atomic mass is 10.1. The molecule has 6 heteroatoms. The first-order valence-corrected chi connectivity index (χ1v) is 4.78. The quantitative estimate of drug-likeness (QED) is 0.620. The van der Waals surface area contributed by atoms with Gasteiger partial charge < -0.3 is 15.7 Å². The summed E-state index contributed by atoms with van der Waals surface area (Å²) in [7, 11) is 0. The van der Waals surface area contributed by atoms with Crippen LogP contribution in [0, 0.1) is 0 Å². The van der Waals surface area contributed by atoms with Gasteiger partial charge >= 0.3 is 12.0 Å². The van der Waals surface area contributed by atoms with Crippen LogP contribution in [-0.4, -0.2) is 28.5 Å². The van der Waals surface area contributed by atoms with Gasteiger partial charge in [-0.2, -0.15) is 0 Å². The predicted molar refractivity (Wildman–Crippen MR) is 49.6 cm³/mol. The fourth-order valence-corrected chi connectivity index (χ4v) is 1.63. The number of amides is 2. The Kier molecular flexibility index (Phi) is 2.92. The zero-order valence-corrected chi connectivity index (χ0v) is 8.51. The number of hydrogen-bond acceptors (Lipinski definition) is 2. The largest absolute Gasteiger partial charge is 0.478 e. The molecule has 0 aliphatic carbocycles. The first-order valence-electron chi connectivity index (χ1n) is 3.66. The Labute approximate surface area is 83.3 Å². The van der Waals surface area contributed by atoms with Gasteiger partial charge in [0, 0.05) is 11.0 Å². The highest BCUT2D eigenvalue weighted by Gasteiger charge is 2.27. The fraction of sp³-hybridized carbons (Fsp3) is 0.429. The lowest BCUT2D eigenvalue weighted by Crippen LogP contribution is -2.49. The topological polar surface area (TPSA) is 78.4 Å².